The highest BCUT2D eigenvalue weighted by atomic mass is 16.5. The maximum absolute atomic E-state index is 5.48. The van der Waals surface area contributed by atoms with Crippen molar-refractivity contribution in [1.29, 1.82) is 0 Å². The first kappa shape index (κ1) is 18.0. The van der Waals surface area contributed by atoms with Crippen LogP contribution in [0.25, 0.3) is 0 Å². The average molecular weight is 338 g/mol. The summed E-state index contributed by atoms with van der Waals surface area (Å²) in [6.45, 7) is 13.3. The lowest BCUT2D eigenvalue weighted by atomic mass is 10.1. The Labute approximate surface area is 147 Å². The van der Waals surface area contributed by atoms with Crippen LogP contribution in [0.1, 0.15) is 26.2 Å². The number of hydrogen-bond acceptors (Lipinski definition) is 4. The van der Waals surface area contributed by atoms with Crippen LogP contribution in [0.3, 0.4) is 0 Å². The topological polar surface area (TPSA) is 43.3 Å². The smallest absolute Gasteiger partial charge is 0.193 e. The number of likely N-dealkylation sites (tertiary alicyclic amines) is 2. The second-order valence-electron chi connectivity index (χ2n) is 7.58. The Morgan fingerprint density at radius 2 is 1.92 bits per heavy atom. The van der Waals surface area contributed by atoms with Gasteiger partial charge in [-0.3, -0.25) is 9.89 Å². The molecule has 0 aromatic carbocycles. The summed E-state index contributed by atoms with van der Waals surface area (Å²) in [7, 11) is 1.91. The lowest BCUT2D eigenvalue weighted by Crippen LogP contribution is -2.47. The minimum atomic E-state index is 0.662. The Morgan fingerprint density at radius 3 is 2.62 bits per heavy atom. The monoisotopic (exact) mass is 337 g/mol. The maximum Gasteiger partial charge on any atom is 0.193 e. The van der Waals surface area contributed by atoms with E-state index in [1.165, 1.54) is 38.9 Å². The van der Waals surface area contributed by atoms with Crippen LogP contribution in [0.2, 0.25) is 0 Å². The Morgan fingerprint density at radius 1 is 1.17 bits per heavy atom. The molecular weight excluding hydrogens is 302 g/mol. The molecule has 0 saturated carbocycles. The van der Waals surface area contributed by atoms with Crippen molar-refractivity contribution in [3.63, 3.8) is 0 Å². The molecule has 0 bridgehead atoms. The van der Waals surface area contributed by atoms with Gasteiger partial charge in [0.15, 0.2) is 5.96 Å². The van der Waals surface area contributed by atoms with Crippen LogP contribution in [0, 0.1) is 5.92 Å². The number of morpholine rings is 1. The molecule has 2 atom stereocenters. The van der Waals surface area contributed by atoms with E-state index in [9.17, 15) is 0 Å². The first-order valence-electron chi connectivity index (χ1n) is 9.76. The van der Waals surface area contributed by atoms with Gasteiger partial charge < -0.3 is 19.9 Å². The molecule has 0 spiro atoms. The number of rotatable bonds is 5. The van der Waals surface area contributed by atoms with Crippen molar-refractivity contribution in [2.45, 2.75) is 32.2 Å². The van der Waals surface area contributed by atoms with Gasteiger partial charge in [-0.05, 0) is 38.3 Å². The number of nitrogens with one attached hydrogen (secondary N) is 1. The molecular formula is C18H35N5O. The molecule has 0 aliphatic carbocycles. The van der Waals surface area contributed by atoms with E-state index in [4.69, 9.17) is 4.74 Å². The van der Waals surface area contributed by atoms with Crippen molar-refractivity contribution < 1.29 is 4.74 Å². The molecule has 0 aromatic rings. The summed E-state index contributed by atoms with van der Waals surface area (Å²) in [5.74, 6) is 1.75. The summed E-state index contributed by atoms with van der Waals surface area (Å²) in [5.41, 5.74) is 0. The van der Waals surface area contributed by atoms with Gasteiger partial charge in [0.05, 0.1) is 13.2 Å². The molecule has 0 radical (unpaired) electrons. The van der Waals surface area contributed by atoms with Crippen LogP contribution in [-0.4, -0.2) is 99.3 Å². The quantitative estimate of drug-likeness (QED) is 0.591. The van der Waals surface area contributed by atoms with Crippen molar-refractivity contribution in [2.24, 2.45) is 10.9 Å². The Hall–Kier alpha value is -0.850. The van der Waals surface area contributed by atoms with Gasteiger partial charge in [0.1, 0.15) is 0 Å². The number of ether oxygens (including phenoxy) is 1. The normalized spacial score (nSPS) is 28.5. The fourth-order valence-electron chi connectivity index (χ4n) is 4.24. The van der Waals surface area contributed by atoms with Crippen LogP contribution < -0.4 is 5.32 Å². The minimum absolute atomic E-state index is 0.662. The van der Waals surface area contributed by atoms with Gasteiger partial charge in [-0.25, -0.2) is 0 Å². The summed E-state index contributed by atoms with van der Waals surface area (Å²) in [5, 5.41) is 3.61. The second-order valence-corrected chi connectivity index (χ2v) is 7.58. The molecule has 6 nitrogen and oxygen atoms in total. The largest absolute Gasteiger partial charge is 0.379 e. The van der Waals surface area contributed by atoms with Gasteiger partial charge in [0, 0.05) is 52.4 Å². The standard InChI is InChI=1S/C18H35N5O/c1-16(14-21-6-3-4-7-21)13-20-18(19-2)23-8-5-17(15-23)22-9-11-24-12-10-22/h16-17H,3-15H2,1-2H3,(H,19,20). The van der Waals surface area contributed by atoms with E-state index in [2.05, 4.69) is 31.9 Å². The molecule has 3 fully saturated rings. The number of aliphatic imine (C=N–C) groups is 1. The molecule has 0 aromatic heterocycles. The highest BCUT2D eigenvalue weighted by Crippen LogP contribution is 2.17. The van der Waals surface area contributed by atoms with Crippen LogP contribution in [0.4, 0.5) is 0 Å². The van der Waals surface area contributed by atoms with Crippen LogP contribution >= 0.6 is 0 Å². The van der Waals surface area contributed by atoms with Crippen molar-refractivity contribution >= 4 is 5.96 Å². The van der Waals surface area contributed by atoms with E-state index in [1.54, 1.807) is 0 Å². The summed E-state index contributed by atoms with van der Waals surface area (Å²) >= 11 is 0. The van der Waals surface area contributed by atoms with Gasteiger partial charge in [-0.15, -0.1) is 0 Å². The van der Waals surface area contributed by atoms with Gasteiger partial charge >= 0.3 is 0 Å². The molecule has 1 N–H and O–H groups in total. The van der Waals surface area contributed by atoms with Crippen molar-refractivity contribution in [2.75, 3.05) is 72.6 Å². The summed E-state index contributed by atoms with van der Waals surface area (Å²) in [6, 6.07) is 0.662. The SMILES string of the molecule is CN=C(NCC(C)CN1CCCC1)N1CCC(N2CCOCC2)C1. The Bertz CT molecular complexity index is 404. The first-order valence-corrected chi connectivity index (χ1v) is 9.76. The summed E-state index contributed by atoms with van der Waals surface area (Å²) in [4.78, 5) is 12.1. The molecule has 24 heavy (non-hydrogen) atoms. The van der Waals surface area contributed by atoms with Crippen molar-refractivity contribution in [3.8, 4) is 0 Å². The fourth-order valence-corrected chi connectivity index (χ4v) is 4.24. The second kappa shape index (κ2) is 9.02. The average Bonchev–Trinajstić information content (AvgIpc) is 3.28. The molecule has 3 saturated heterocycles. The lowest BCUT2D eigenvalue weighted by molar-refractivity contribution is 0.0195. The minimum Gasteiger partial charge on any atom is -0.379 e. The Balaban J connectivity index is 1.41. The molecule has 6 heteroatoms. The zero-order valence-electron chi connectivity index (χ0n) is 15.5. The number of hydrogen-bond donors (Lipinski definition) is 1. The molecule has 138 valence electrons. The number of guanidine groups is 1. The third-order valence-electron chi connectivity index (χ3n) is 5.61. The third-order valence-corrected chi connectivity index (χ3v) is 5.61. The summed E-state index contributed by atoms with van der Waals surface area (Å²) in [6.07, 6.45) is 3.99. The van der Waals surface area contributed by atoms with Crippen LogP contribution in [-0.2, 0) is 4.74 Å². The predicted molar refractivity (Wildman–Crippen MR) is 98.6 cm³/mol. The van der Waals surface area contributed by atoms with Gasteiger partial charge in [-0.2, -0.15) is 0 Å². The molecule has 3 aliphatic rings. The van der Waals surface area contributed by atoms with E-state index in [0.29, 0.717) is 12.0 Å². The zero-order chi connectivity index (χ0) is 16.8. The first-order chi connectivity index (χ1) is 11.8. The third kappa shape index (κ3) is 4.83. The molecule has 3 rings (SSSR count). The molecule has 3 heterocycles. The lowest BCUT2D eigenvalue weighted by Gasteiger charge is -2.32. The van der Waals surface area contributed by atoms with E-state index in [1.807, 2.05) is 7.05 Å². The van der Waals surface area contributed by atoms with Crippen molar-refractivity contribution in [1.82, 2.24) is 20.0 Å². The van der Waals surface area contributed by atoms with Crippen LogP contribution in [0.5, 0.6) is 0 Å². The van der Waals surface area contributed by atoms with Crippen LogP contribution in [0.15, 0.2) is 4.99 Å². The molecule has 0 amide bonds. The van der Waals surface area contributed by atoms with Gasteiger partial charge in [0.25, 0.3) is 0 Å². The number of nitrogens with zero attached hydrogens (tertiary/aromatic N) is 4. The van der Waals surface area contributed by atoms with Gasteiger partial charge in [-0.1, -0.05) is 6.92 Å². The van der Waals surface area contributed by atoms with E-state index < -0.39 is 0 Å². The maximum atomic E-state index is 5.48. The van der Waals surface area contributed by atoms with E-state index >= 15 is 0 Å². The van der Waals surface area contributed by atoms with Crippen molar-refractivity contribution in [3.05, 3.63) is 0 Å². The molecule has 3 aliphatic heterocycles. The van der Waals surface area contributed by atoms with E-state index in [-0.39, 0.29) is 0 Å². The van der Waals surface area contributed by atoms with Gasteiger partial charge in [0.2, 0.25) is 0 Å². The predicted octanol–water partition coefficient (Wildman–Crippen LogP) is 0.700. The highest BCUT2D eigenvalue weighted by molar-refractivity contribution is 5.80. The fraction of sp³-hybridized carbons (Fsp3) is 0.944. The zero-order valence-corrected chi connectivity index (χ0v) is 15.5. The molecule has 2 unspecified atom stereocenters. The Kier molecular flexibility index (Phi) is 6.75. The highest BCUT2D eigenvalue weighted by Gasteiger charge is 2.30. The van der Waals surface area contributed by atoms with E-state index in [0.717, 1.165) is 51.9 Å². The summed E-state index contributed by atoms with van der Waals surface area (Å²) < 4.78 is 5.48.